The number of imide groups is 1. The van der Waals surface area contributed by atoms with Crippen LogP contribution in [-0.4, -0.2) is 23.5 Å². The highest BCUT2D eigenvalue weighted by Gasteiger charge is 2.37. The molecule has 1 fully saturated rings. The molecule has 1 aromatic carbocycles. The van der Waals surface area contributed by atoms with E-state index in [-0.39, 0.29) is 30.8 Å². The first kappa shape index (κ1) is 13.6. The summed E-state index contributed by atoms with van der Waals surface area (Å²) in [6.45, 7) is 1.42. The molecule has 1 heterocycles. The summed E-state index contributed by atoms with van der Waals surface area (Å²) in [6, 6.07) is 4.77. The highest BCUT2D eigenvalue weighted by Crippen LogP contribution is 2.30. The molecule has 98 valence electrons. The number of benzene rings is 1. The SMILES string of the molecule is CC1CC(=O)N(c2ccc(Cl)cc2C#CCO)C1=O. The number of aliphatic hydroxyl groups excluding tert-OH is 1. The van der Waals surface area contributed by atoms with E-state index in [1.54, 1.807) is 25.1 Å². The Bertz CT molecular complexity index is 600. The standard InChI is InChI=1S/C14H12ClNO3/c1-9-7-13(18)16(14(9)19)12-5-4-11(15)8-10(12)3-2-6-17/h4-5,8-9,17H,6-7H2,1H3. The first-order valence-corrected chi connectivity index (χ1v) is 6.18. The van der Waals surface area contributed by atoms with E-state index in [4.69, 9.17) is 16.7 Å². The Morgan fingerprint density at radius 2 is 2.21 bits per heavy atom. The predicted octanol–water partition coefficient (Wildman–Crippen LogP) is 1.58. The van der Waals surface area contributed by atoms with Crippen LogP contribution in [0.25, 0.3) is 0 Å². The summed E-state index contributed by atoms with van der Waals surface area (Å²) in [5.41, 5.74) is 0.877. The molecule has 0 aromatic heterocycles. The smallest absolute Gasteiger partial charge is 0.237 e. The van der Waals surface area contributed by atoms with Crippen molar-refractivity contribution in [2.75, 3.05) is 11.5 Å². The Hall–Kier alpha value is -1.83. The number of hydrogen-bond donors (Lipinski definition) is 1. The Balaban J connectivity index is 2.50. The summed E-state index contributed by atoms with van der Waals surface area (Å²) in [5, 5.41) is 9.20. The summed E-state index contributed by atoms with van der Waals surface area (Å²) in [7, 11) is 0. The molecule has 19 heavy (non-hydrogen) atoms. The second-order valence-corrected chi connectivity index (χ2v) is 4.73. The highest BCUT2D eigenvalue weighted by molar-refractivity contribution is 6.31. The summed E-state index contributed by atoms with van der Waals surface area (Å²) < 4.78 is 0. The molecule has 2 rings (SSSR count). The third-order valence-corrected chi connectivity index (χ3v) is 3.11. The number of hydrogen-bond acceptors (Lipinski definition) is 3. The van der Waals surface area contributed by atoms with Crippen molar-refractivity contribution in [3.8, 4) is 11.8 Å². The van der Waals surface area contributed by atoms with Gasteiger partial charge in [-0.15, -0.1) is 0 Å². The van der Waals surface area contributed by atoms with Gasteiger partial charge in [0.1, 0.15) is 6.61 Å². The molecule has 0 saturated carbocycles. The predicted molar refractivity (Wildman–Crippen MR) is 71.7 cm³/mol. The van der Waals surface area contributed by atoms with E-state index in [2.05, 4.69) is 11.8 Å². The fraction of sp³-hybridized carbons (Fsp3) is 0.286. The molecule has 1 N–H and O–H groups in total. The van der Waals surface area contributed by atoms with Crippen LogP contribution in [0, 0.1) is 17.8 Å². The molecule has 1 saturated heterocycles. The number of carbonyl (C=O) groups excluding carboxylic acids is 2. The molecular formula is C14H12ClNO3. The van der Waals surface area contributed by atoms with E-state index < -0.39 is 0 Å². The van der Waals surface area contributed by atoms with Crippen molar-refractivity contribution in [2.24, 2.45) is 5.92 Å². The molecule has 0 spiro atoms. The van der Waals surface area contributed by atoms with Gasteiger partial charge in [-0.05, 0) is 18.2 Å². The Labute approximate surface area is 116 Å². The lowest BCUT2D eigenvalue weighted by Crippen LogP contribution is -2.30. The molecule has 0 aliphatic carbocycles. The number of carbonyl (C=O) groups is 2. The zero-order valence-electron chi connectivity index (χ0n) is 10.3. The van der Waals surface area contributed by atoms with Crippen molar-refractivity contribution in [2.45, 2.75) is 13.3 Å². The third-order valence-electron chi connectivity index (χ3n) is 2.87. The minimum Gasteiger partial charge on any atom is -0.384 e. The quantitative estimate of drug-likeness (QED) is 0.626. The zero-order chi connectivity index (χ0) is 14.0. The minimum absolute atomic E-state index is 0.203. The molecule has 1 aliphatic heterocycles. The van der Waals surface area contributed by atoms with E-state index in [1.165, 1.54) is 0 Å². The molecule has 0 radical (unpaired) electrons. The summed E-state index contributed by atoms with van der Waals surface area (Å²) >= 11 is 5.89. The van der Waals surface area contributed by atoms with Gasteiger partial charge in [-0.25, -0.2) is 4.90 Å². The second-order valence-electron chi connectivity index (χ2n) is 4.29. The second kappa shape index (κ2) is 5.43. The number of aliphatic hydroxyl groups is 1. The lowest BCUT2D eigenvalue weighted by atomic mass is 10.1. The molecule has 1 unspecified atom stereocenters. The largest absolute Gasteiger partial charge is 0.384 e. The van der Waals surface area contributed by atoms with Crippen LogP contribution in [0.5, 0.6) is 0 Å². The van der Waals surface area contributed by atoms with Gasteiger partial charge in [0.05, 0.1) is 11.3 Å². The van der Waals surface area contributed by atoms with Gasteiger partial charge < -0.3 is 5.11 Å². The van der Waals surface area contributed by atoms with Crippen LogP contribution >= 0.6 is 11.6 Å². The zero-order valence-corrected chi connectivity index (χ0v) is 11.1. The van der Waals surface area contributed by atoms with Crippen molar-refractivity contribution in [3.63, 3.8) is 0 Å². The Morgan fingerprint density at radius 1 is 1.47 bits per heavy atom. The van der Waals surface area contributed by atoms with E-state index in [0.29, 0.717) is 16.3 Å². The first-order valence-electron chi connectivity index (χ1n) is 5.80. The van der Waals surface area contributed by atoms with Gasteiger partial charge in [0, 0.05) is 17.4 Å². The number of anilines is 1. The molecule has 1 aromatic rings. The van der Waals surface area contributed by atoms with E-state index >= 15 is 0 Å². The van der Waals surface area contributed by atoms with E-state index in [9.17, 15) is 9.59 Å². The molecule has 1 atom stereocenters. The maximum Gasteiger partial charge on any atom is 0.237 e. The fourth-order valence-electron chi connectivity index (χ4n) is 1.98. The van der Waals surface area contributed by atoms with Crippen LogP contribution in [0.3, 0.4) is 0 Å². The van der Waals surface area contributed by atoms with Crippen LogP contribution < -0.4 is 4.90 Å². The van der Waals surface area contributed by atoms with Gasteiger partial charge >= 0.3 is 0 Å². The lowest BCUT2D eigenvalue weighted by Gasteiger charge is -2.16. The van der Waals surface area contributed by atoms with Gasteiger partial charge in [0.15, 0.2) is 0 Å². The van der Waals surface area contributed by atoms with Crippen molar-refractivity contribution in [3.05, 3.63) is 28.8 Å². The maximum atomic E-state index is 12.0. The van der Waals surface area contributed by atoms with Crippen molar-refractivity contribution in [1.82, 2.24) is 0 Å². The first-order chi connectivity index (χ1) is 9.04. The molecule has 4 nitrogen and oxygen atoms in total. The average molecular weight is 278 g/mol. The molecular weight excluding hydrogens is 266 g/mol. The van der Waals surface area contributed by atoms with Crippen molar-refractivity contribution < 1.29 is 14.7 Å². The summed E-state index contributed by atoms with van der Waals surface area (Å²) in [4.78, 5) is 25.0. The summed E-state index contributed by atoms with van der Waals surface area (Å²) in [5.74, 6) is 4.40. The topological polar surface area (TPSA) is 57.6 Å². The number of nitrogens with zero attached hydrogens (tertiary/aromatic N) is 1. The Morgan fingerprint density at radius 3 is 2.79 bits per heavy atom. The number of amides is 2. The van der Waals surface area contributed by atoms with Gasteiger partial charge in [0.2, 0.25) is 11.8 Å². The molecule has 1 aliphatic rings. The van der Waals surface area contributed by atoms with Gasteiger partial charge in [-0.2, -0.15) is 0 Å². The molecule has 0 bridgehead atoms. The number of halogens is 1. The normalized spacial score (nSPS) is 18.5. The molecule has 5 heteroatoms. The minimum atomic E-state index is -0.318. The number of rotatable bonds is 1. The van der Waals surface area contributed by atoms with Crippen molar-refractivity contribution >= 4 is 29.1 Å². The fourth-order valence-corrected chi connectivity index (χ4v) is 2.15. The highest BCUT2D eigenvalue weighted by atomic mass is 35.5. The van der Waals surface area contributed by atoms with Crippen LogP contribution in [0.15, 0.2) is 18.2 Å². The average Bonchev–Trinajstić information content (AvgIpc) is 2.62. The van der Waals surface area contributed by atoms with E-state index in [0.717, 1.165) is 4.90 Å². The third kappa shape index (κ3) is 2.62. The lowest BCUT2D eigenvalue weighted by molar-refractivity contribution is -0.122. The van der Waals surface area contributed by atoms with Gasteiger partial charge in [-0.1, -0.05) is 30.4 Å². The van der Waals surface area contributed by atoms with Gasteiger partial charge in [-0.3, -0.25) is 9.59 Å². The van der Waals surface area contributed by atoms with Crippen molar-refractivity contribution in [1.29, 1.82) is 0 Å². The van der Waals surface area contributed by atoms with Crippen LogP contribution in [0.2, 0.25) is 5.02 Å². The molecule has 2 amide bonds. The van der Waals surface area contributed by atoms with Crippen LogP contribution in [0.1, 0.15) is 18.9 Å². The maximum absolute atomic E-state index is 12.0. The van der Waals surface area contributed by atoms with Crippen LogP contribution in [0.4, 0.5) is 5.69 Å². The van der Waals surface area contributed by atoms with E-state index in [1.807, 2.05) is 0 Å². The monoisotopic (exact) mass is 277 g/mol. The van der Waals surface area contributed by atoms with Crippen LogP contribution in [-0.2, 0) is 9.59 Å². The summed E-state index contributed by atoms with van der Waals surface area (Å²) in [6.07, 6.45) is 0.203. The Kier molecular flexibility index (Phi) is 3.89. The van der Waals surface area contributed by atoms with Gasteiger partial charge in [0.25, 0.3) is 0 Å².